The van der Waals surface area contributed by atoms with E-state index in [2.05, 4.69) is 4.98 Å². The fourth-order valence-electron chi connectivity index (χ4n) is 1.62. The van der Waals surface area contributed by atoms with Gasteiger partial charge in [-0.25, -0.2) is 4.98 Å². The van der Waals surface area contributed by atoms with Crippen molar-refractivity contribution >= 4 is 23.2 Å². The summed E-state index contributed by atoms with van der Waals surface area (Å²) in [5.74, 6) is 0. The van der Waals surface area contributed by atoms with E-state index < -0.39 is 0 Å². The highest BCUT2D eigenvalue weighted by molar-refractivity contribution is 6.34. The first kappa shape index (κ1) is 8.33. The molecule has 0 N–H and O–H groups in total. The topological polar surface area (TPSA) is 12.9 Å². The highest BCUT2D eigenvalue weighted by Gasteiger charge is 2.14. The van der Waals surface area contributed by atoms with Crippen LogP contribution in [-0.4, -0.2) is 4.98 Å². The zero-order valence-electron chi connectivity index (χ0n) is 6.61. The predicted octanol–water partition coefficient (Wildman–Crippen LogP) is 3.27. The maximum absolute atomic E-state index is 6.02. The van der Waals surface area contributed by atoms with Crippen molar-refractivity contribution in [3.05, 3.63) is 27.5 Å². The molecule has 0 spiro atoms. The van der Waals surface area contributed by atoms with Crippen molar-refractivity contribution in [3.63, 3.8) is 0 Å². The van der Waals surface area contributed by atoms with Gasteiger partial charge in [0.2, 0.25) is 0 Å². The molecule has 1 nitrogen and oxygen atoms in total. The molecule has 0 aliphatic heterocycles. The van der Waals surface area contributed by atoms with Crippen LogP contribution in [0.3, 0.4) is 0 Å². The molecule has 3 heteroatoms. The molecular weight excluding hydrogens is 193 g/mol. The van der Waals surface area contributed by atoms with E-state index in [1.165, 1.54) is 18.4 Å². The highest BCUT2D eigenvalue weighted by atomic mass is 35.5. The fourth-order valence-corrected chi connectivity index (χ4v) is 2.20. The van der Waals surface area contributed by atoms with E-state index >= 15 is 0 Å². The van der Waals surface area contributed by atoms with Crippen LogP contribution in [0.5, 0.6) is 0 Å². The largest absolute Gasteiger partial charge is 0.241 e. The fraction of sp³-hybridized carbons (Fsp3) is 0.444. The van der Waals surface area contributed by atoms with Crippen LogP contribution in [0.4, 0.5) is 0 Å². The van der Waals surface area contributed by atoms with Gasteiger partial charge in [0.25, 0.3) is 0 Å². The number of rotatable bonds is 0. The molecule has 0 amide bonds. The zero-order chi connectivity index (χ0) is 8.55. The first-order chi connectivity index (χ1) is 5.77. The Bertz CT molecular complexity index is 310. The molecule has 0 bridgehead atoms. The minimum atomic E-state index is 0.514. The summed E-state index contributed by atoms with van der Waals surface area (Å²) in [7, 11) is 0. The van der Waals surface area contributed by atoms with Gasteiger partial charge in [0.05, 0.1) is 0 Å². The van der Waals surface area contributed by atoms with Gasteiger partial charge in [0.15, 0.2) is 0 Å². The van der Waals surface area contributed by atoms with Gasteiger partial charge in [0.1, 0.15) is 5.15 Å². The van der Waals surface area contributed by atoms with Crippen molar-refractivity contribution in [2.75, 3.05) is 0 Å². The molecule has 0 radical (unpaired) electrons. The van der Waals surface area contributed by atoms with Crippen molar-refractivity contribution in [2.45, 2.75) is 25.7 Å². The van der Waals surface area contributed by atoms with Gasteiger partial charge in [-0.15, -0.1) is 0 Å². The molecule has 0 aromatic carbocycles. The first-order valence-corrected chi connectivity index (χ1v) is 4.87. The molecule has 1 aliphatic carbocycles. The van der Waals surface area contributed by atoms with E-state index in [1.807, 2.05) is 0 Å². The number of halogens is 2. The van der Waals surface area contributed by atoms with Gasteiger partial charge in [-0.05, 0) is 37.3 Å². The van der Waals surface area contributed by atoms with Crippen molar-refractivity contribution in [3.8, 4) is 0 Å². The number of aromatic nitrogens is 1. The van der Waals surface area contributed by atoms with Gasteiger partial charge >= 0.3 is 0 Å². The van der Waals surface area contributed by atoms with E-state index in [1.54, 1.807) is 6.07 Å². The lowest BCUT2D eigenvalue weighted by Gasteiger charge is -2.15. The summed E-state index contributed by atoms with van der Waals surface area (Å²) in [6.07, 6.45) is 4.50. The lowest BCUT2D eigenvalue weighted by atomic mass is 9.96. The van der Waals surface area contributed by atoms with E-state index in [-0.39, 0.29) is 0 Å². The Morgan fingerprint density at radius 2 is 1.92 bits per heavy atom. The monoisotopic (exact) mass is 201 g/mol. The van der Waals surface area contributed by atoms with Crippen LogP contribution in [0.15, 0.2) is 6.07 Å². The molecule has 0 unspecified atom stereocenters. The molecule has 0 saturated heterocycles. The average molecular weight is 202 g/mol. The lowest BCUT2D eigenvalue weighted by Crippen LogP contribution is -2.05. The minimum absolute atomic E-state index is 0.514. The standard InChI is InChI=1S/C9H9Cl2N/c10-7-5-9(11)12-8-4-2-1-3-6(7)8/h5H,1-4H2. The SMILES string of the molecule is Clc1cc(Cl)c2c(n1)CCCC2. The summed E-state index contributed by atoms with van der Waals surface area (Å²) in [6, 6.07) is 1.73. The Morgan fingerprint density at radius 1 is 1.17 bits per heavy atom. The van der Waals surface area contributed by atoms with E-state index in [0.29, 0.717) is 5.15 Å². The van der Waals surface area contributed by atoms with Gasteiger partial charge in [-0.3, -0.25) is 0 Å². The molecular formula is C9H9Cl2N. The minimum Gasteiger partial charge on any atom is -0.241 e. The third kappa shape index (κ3) is 1.44. The quantitative estimate of drug-likeness (QED) is 0.588. The number of fused-ring (bicyclic) bond motifs is 1. The third-order valence-electron chi connectivity index (χ3n) is 2.21. The van der Waals surface area contributed by atoms with Gasteiger partial charge in [-0.2, -0.15) is 0 Å². The zero-order valence-corrected chi connectivity index (χ0v) is 8.12. The molecule has 1 heterocycles. The summed E-state index contributed by atoms with van der Waals surface area (Å²) in [4.78, 5) is 4.26. The summed E-state index contributed by atoms with van der Waals surface area (Å²) >= 11 is 11.8. The van der Waals surface area contributed by atoms with Crippen molar-refractivity contribution < 1.29 is 0 Å². The van der Waals surface area contributed by atoms with Crippen LogP contribution in [0.25, 0.3) is 0 Å². The average Bonchev–Trinajstić information content (AvgIpc) is 2.04. The molecule has 64 valence electrons. The highest BCUT2D eigenvalue weighted by Crippen LogP contribution is 2.28. The van der Waals surface area contributed by atoms with Crippen molar-refractivity contribution in [2.24, 2.45) is 0 Å². The third-order valence-corrected chi connectivity index (χ3v) is 2.75. The van der Waals surface area contributed by atoms with Crippen molar-refractivity contribution in [1.29, 1.82) is 0 Å². The van der Waals surface area contributed by atoms with Gasteiger partial charge in [0, 0.05) is 10.7 Å². The second-order valence-corrected chi connectivity index (χ2v) is 3.85. The summed E-state index contributed by atoms with van der Waals surface area (Å²) in [5, 5.41) is 1.30. The second-order valence-electron chi connectivity index (χ2n) is 3.06. The maximum atomic E-state index is 6.02. The molecule has 0 saturated carbocycles. The first-order valence-electron chi connectivity index (χ1n) is 4.11. The molecule has 0 fully saturated rings. The van der Waals surface area contributed by atoms with Gasteiger partial charge < -0.3 is 0 Å². The lowest BCUT2D eigenvalue weighted by molar-refractivity contribution is 0.668. The van der Waals surface area contributed by atoms with Crippen LogP contribution >= 0.6 is 23.2 Å². The number of pyridine rings is 1. The number of hydrogen-bond acceptors (Lipinski definition) is 1. The maximum Gasteiger partial charge on any atom is 0.130 e. The predicted molar refractivity (Wildman–Crippen MR) is 50.9 cm³/mol. The van der Waals surface area contributed by atoms with Crippen molar-refractivity contribution in [1.82, 2.24) is 4.98 Å². The number of hydrogen-bond donors (Lipinski definition) is 0. The Morgan fingerprint density at radius 3 is 2.75 bits per heavy atom. The van der Waals surface area contributed by atoms with Gasteiger partial charge in [-0.1, -0.05) is 23.2 Å². The van der Waals surface area contributed by atoms with Crippen LogP contribution in [0.2, 0.25) is 10.2 Å². The summed E-state index contributed by atoms with van der Waals surface area (Å²) in [5.41, 5.74) is 2.30. The molecule has 1 aliphatic rings. The second kappa shape index (κ2) is 3.23. The number of nitrogens with zero attached hydrogens (tertiary/aromatic N) is 1. The van der Waals surface area contributed by atoms with E-state index in [0.717, 1.165) is 23.6 Å². The smallest absolute Gasteiger partial charge is 0.130 e. The van der Waals surface area contributed by atoms with E-state index in [4.69, 9.17) is 23.2 Å². The Hall–Kier alpha value is -0.270. The summed E-state index contributed by atoms with van der Waals surface area (Å²) < 4.78 is 0. The van der Waals surface area contributed by atoms with Crippen LogP contribution in [0, 0.1) is 0 Å². The Balaban J connectivity index is 2.53. The molecule has 1 aromatic heterocycles. The van der Waals surface area contributed by atoms with Crippen LogP contribution < -0.4 is 0 Å². The molecule has 0 atom stereocenters. The van der Waals surface area contributed by atoms with Crippen LogP contribution in [-0.2, 0) is 12.8 Å². The molecule has 1 aromatic rings. The molecule has 12 heavy (non-hydrogen) atoms. The van der Waals surface area contributed by atoms with E-state index in [9.17, 15) is 0 Å². The Kier molecular flexibility index (Phi) is 2.24. The number of aryl methyl sites for hydroxylation is 1. The normalized spacial score (nSPS) is 15.8. The Labute approximate surface area is 81.7 Å². The molecule has 2 rings (SSSR count). The van der Waals surface area contributed by atoms with Crippen LogP contribution in [0.1, 0.15) is 24.1 Å². The summed E-state index contributed by atoms with van der Waals surface area (Å²) in [6.45, 7) is 0.